The van der Waals surface area contributed by atoms with E-state index in [1.54, 1.807) is 12.1 Å². The highest BCUT2D eigenvalue weighted by molar-refractivity contribution is 5.73. The van der Waals surface area contributed by atoms with E-state index in [-0.39, 0.29) is 12.2 Å². The molecule has 0 aliphatic carbocycles. The molecule has 0 bridgehead atoms. The molecule has 0 amide bonds. The Kier molecular flexibility index (Phi) is 40.0. The van der Waals surface area contributed by atoms with Crippen LogP contribution in [-0.4, -0.2) is 151 Å². The van der Waals surface area contributed by atoms with Gasteiger partial charge in [0.05, 0.1) is 57.5 Å². The molecule has 10 unspecified atom stereocenters. The minimum absolute atomic E-state index is 0.0936. The lowest BCUT2D eigenvalue weighted by Crippen LogP contribution is -2.61. The van der Waals surface area contributed by atoms with Gasteiger partial charge in [0.2, 0.25) is 12.6 Å². The van der Waals surface area contributed by atoms with E-state index in [1.807, 2.05) is 65.8 Å². The molecule has 5 aromatic rings. The highest BCUT2D eigenvalue weighted by Crippen LogP contribution is 2.32. The molecule has 99 heavy (non-hydrogen) atoms. The number of aliphatic hydroxyl groups is 7. The molecule has 7 rings (SSSR count). The number of carboxylic acid groups (broad SMARTS) is 1. The SMILES string of the molecule is CC(C)Cc1cc(COC(C)C)ccc1OC1OC(C(=O)O)C(O)C(O)C1O.CC(C)Cc1cc(COC(C)C)ccc1OC1OC(CO)C(O)C(O)C1O.CC(C)Cc1ccc(COC(C)C)cc1.CC(C)Cc1ccc(NC(C)C)cc1.CC(C)Nc1ccc(COC(C)C)cc1. The number of hydrogen-bond acceptors (Lipinski definition) is 18. The summed E-state index contributed by atoms with van der Waals surface area (Å²) in [5.41, 5.74) is 11.5. The predicted molar refractivity (Wildman–Crippen MR) is 393 cm³/mol. The van der Waals surface area contributed by atoms with Crippen molar-refractivity contribution >= 4 is 17.3 Å². The fraction of sp³-hybridized carbons (Fsp3) is 0.613. The van der Waals surface area contributed by atoms with Gasteiger partial charge >= 0.3 is 5.97 Å². The van der Waals surface area contributed by atoms with Gasteiger partial charge in [-0.2, -0.15) is 0 Å². The van der Waals surface area contributed by atoms with Gasteiger partial charge in [-0.25, -0.2) is 4.79 Å². The summed E-state index contributed by atoms with van der Waals surface area (Å²) in [5.74, 6) is 1.65. The van der Waals surface area contributed by atoms with E-state index in [0.29, 0.717) is 73.9 Å². The number of nitrogens with one attached hydrogen (secondary N) is 2. The highest BCUT2D eigenvalue weighted by atomic mass is 16.7. The van der Waals surface area contributed by atoms with E-state index >= 15 is 0 Å². The van der Waals surface area contributed by atoms with E-state index in [1.165, 1.54) is 40.0 Å². The third-order valence-electron chi connectivity index (χ3n) is 15.1. The minimum atomic E-state index is -1.75. The second-order valence-electron chi connectivity index (χ2n) is 29.2. The second-order valence-corrected chi connectivity index (χ2v) is 29.2. The molecule has 2 aliphatic rings. The molecule has 10 N–H and O–H groups in total. The van der Waals surface area contributed by atoms with Gasteiger partial charge < -0.3 is 89.4 Å². The Balaban J connectivity index is 0.000000333. The molecular weight excluding hydrogens is 1260 g/mol. The largest absolute Gasteiger partial charge is 0.479 e. The summed E-state index contributed by atoms with van der Waals surface area (Å²) in [6.07, 6.45) is -10.1. The third kappa shape index (κ3) is 34.2. The first-order chi connectivity index (χ1) is 46.5. The molecule has 0 spiro atoms. The van der Waals surface area contributed by atoms with Crippen molar-refractivity contribution in [3.05, 3.63) is 154 Å². The van der Waals surface area contributed by atoms with Crippen molar-refractivity contribution in [2.45, 2.75) is 288 Å². The molecule has 2 fully saturated rings. The van der Waals surface area contributed by atoms with Gasteiger partial charge in [-0.1, -0.05) is 116 Å². The molecule has 10 atom stereocenters. The number of ether oxygens (including phenoxy) is 8. The number of aliphatic hydroxyl groups excluding tert-OH is 7. The lowest BCUT2D eigenvalue weighted by atomic mass is 9.98. The monoisotopic (exact) mass is 1390 g/mol. The number of rotatable bonds is 30. The van der Waals surface area contributed by atoms with Crippen LogP contribution in [0.4, 0.5) is 11.4 Å². The molecule has 19 nitrogen and oxygen atoms in total. The van der Waals surface area contributed by atoms with Gasteiger partial charge in [-0.05, 0) is 225 Å². The van der Waals surface area contributed by atoms with Gasteiger partial charge in [-0.3, -0.25) is 0 Å². The molecule has 558 valence electrons. The lowest BCUT2D eigenvalue weighted by Gasteiger charge is -2.39. The van der Waals surface area contributed by atoms with Crippen LogP contribution < -0.4 is 20.1 Å². The third-order valence-corrected chi connectivity index (χ3v) is 15.1. The van der Waals surface area contributed by atoms with Crippen molar-refractivity contribution in [3.63, 3.8) is 0 Å². The van der Waals surface area contributed by atoms with Crippen LogP contribution in [0.2, 0.25) is 0 Å². The molecule has 5 aromatic carbocycles. The Morgan fingerprint density at radius 2 is 0.687 bits per heavy atom. The number of carboxylic acids is 1. The maximum atomic E-state index is 11.3. The average Bonchev–Trinajstić information content (AvgIpc) is 0.819. The molecular formula is C80H126N2O17. The molecule has 19 heteroatoms. The number of hydrogen-bond donors (Lipinski definition) is 10. The Hall–Kier alpha value is -5.75. The van der Waals surface area contributed by atoms with Crippen molar-refractivity contribution in [3.8, 4) is 11.5 Å². The summed E-state index contributed by atoms with van der Waals surface area (Å²) in [6, 6.07) is 38.0. The lowest BCUT2D eigenvalue weighted by molar-refractivity contribution is -0.277. The Morgan fingerprint density at radius 1 is 0.384 bits per heavy atom. The number of anilines is 2. The van der Waals surface area contributed by atoms with Gasteiger partial charge in [0.1, 0.15) is 54.2 Å². The standard InChI is InChI=1S/C20H30O8.C20H32O7.C14H22O.C13H21NO.C13H21N/c1-10(2)7-13-8-12(9-26-11(3)4)5-6-14(13)27-20-17(23)15(21)16(22)18(28-20)19(24)25;1-11(2)7-14-8-13(10-25-12(3)4)5-6-15(14)26-20-19(24)18(23)17(22)16(9-21)27-20;1-11(2)9-13-5-7-14(8-6-13)10-15-12(3)4;1-10(2)14-13-7-5-12(6-8-13)9-15-11(3)4;1-10(2)9-12-5-7-13(8-6-12)14-11(3)4/h5-6,8,10-11,15-18,20-23H,7,9H2,1-4H3,(H,24,25);5-6,8,11-12,16-24H,7,9-10H2,1-4H3;5-8,11-12H,9-10H2,1-4H3;5-8,10-11,14H,9H2,1-4H3;5-8,10-11,14H,9H2,1-4H3. The maximum absolute atomic E-state index is 11.3. The van der Waals surface area contributed by atoms with Crippen LogP contribution in [0.15, 0.2) is 109 Å². The van der Waals surface area contributed by atoms with Crippen molar-refractivity contribution in [1.82, 2.24) is 0 Å². The first-order valence-electron chi connectivity index (χ1n) is 35.6. The predicted octanol–water partition coefficient (Wildman–Crippen LogP) is 13.0. The Labute approximate surface area is 592 Å². The quantitative estimate of drug-likeness (QED) is 0.0205. The first-order valence-corrected chi connectivity index (χ1v) is 35.6. The molecule has 2 aliphatic heterocycles. The fourth-order valence-corrected chi connectivity index (χ4v) is 10.3. The second kappa shape index (κ2) is 45.3. The Bertz CT molecular complexity index is 2880. The van der Waals surface area contributed by atoms with Crippen molar-refractivity contribution in [1.29, 1.82) is 0 Å². The first kappa shape index (κ1) is 87.5. The van der Waals surface area contributed by atoms with Gasteiger partial charge in [0.25, 0.3) is 0 Å². The highest BCUT2D eigenvalue weighted by Gasteiger charge is 2.48. The molecule has 2 saturated heterocycles. The number of carbonyl (C=O) groups is 1. The van der Waals surface area contributed by atoms with Crippen molar-refractivity contribution in [2.24, 2.45) is 23.7 Å². The van der Waals surface area contributed by atoms with Crippen LogP contribution in [0.5, 0.6) is 11.5 Å². The normalized spacial score (nSPS) is 20.7. The van der Waals surface area contributed by atoms with Gasteiger partial charge in [-0.15, -0.1) is 0 Å². The maximum Gasteiger partial charge on any atom is 0.335 e. The molecule has 2 heterocycles. The van der Waals surface area contributed by atoms with Gasteiger partial charge in [0.15, 0.2) is 6.10 Å². The summed E-state index contributed by atoms with van der Waals surface area (Å²) >= 11 is 0. The topological polar surface area (TPSA) is 277 Å². The molecule has 0 radical (unpaired) electrons. The minimum Gasteiger partial charge on any atom is -0.479 e. The van der Waals surface area contributed by atoms with E-state index in [9.17, 15) is 40.5 Å². The fourth-order valence-electron chi connectivity index (χ4n) is 10.3. The van der Waals surface area contributed by atoms with Crippen LogP contribution in [0.25, 0.3) is 0 Å². The zero-order valence-electron chi connectivity index (χ0n) is 63.1. The molecule has 0 saturated carbocycles. The summed E-state index contributed by atoms with van der Waals surface area (Å²) in [6.45, 7) is 43.8. The van der Waals surface area contributed by atoms with Crippen LogP contribution >= 0.6 is 0 Å². The summed E-state index contributed by atoms with van der Waals surface area (Å²) in [5, 5.41) is 85.2. The molecule has 0 aromatic heterocycles. The van der Waals surface area contributed by atoms with Gasteiger partial charge in [0, 0.05) is 23.5 Å². The summed E-state index contributed by atoms with van der Waals surface area (Å²) in [7, 11) is 0. The van der Waals surface area contributed by atoms with Crippen molar-refractivity contribution < 1.29 is 83.5 Å². The summed E-state index contributed by atoms with van der Waals surface area (Å²) in [4.78, 5) is 11.3. The zero-order chi connectivity index (χ0) is 74.2. The van der Waals surface area contributed by atoms with Crippen LogP contribution in [-0.2, 0) is 85.3 Å². The van der Waals surface area contributed by atoms with Crippen LogP contribution in [0, 0.1) is 23.7 Å². The van der Waals surface area contributed by atoms with E-state index in [4.69, 9.17) is 43.0 Å². The van der Waals surface area contributed by atoms with Crippen molar-refractivity contribution in [2.75, 3.05) is 17.2 Å². The van der Waals surface area contributed by atoms with Crippen LogP contribution in [0.1, 0.15) is 183 Å². The zero-order valence-corrected chi connectivity index (χ0v) is 63.1. The van der Waals surface area contributed by atoms with E-state index in [2.05, 4.69) is 180 Å². The van der Waals surface area contributed by atoms with Crippen LogP contribution in [0.3, 0.4) is 0 Å². The number of aliphatic carboxylic acids is 1. The summed E-state index contributed by atoms with van der Waals surface area (Å²) < 4.78 is 44.6. The van der Waals surface area contributed by atoms with E-state index < -0.39 is 74.0 Å². The smallest absolute Gasteiger partial charge is 0.335 e. The van der Waals surface area contributed by atoms with E-state index in [0.717, 1.165) is 53.5 Å². The Morgan fingerprint density at radius 3 is 1.01 bits per heavy atom. The number of benzene rings is 5. The average molecular weight is 1390 g/mol.